The van der Waals surface area contributed by atoms with Crippen LogP contribution >= 0.6 is 0 Å². The Bertz CT molecular complexity index is 631. The normalized spacial score (nSPS) is 18.6. The van der Waals surface area contributed by atoms with Gasteiger partial charge in [0.25, 0.3) is 5.69 Å². The minimum atomic E-state index is -4.65. The van der Waals surface area contributed by atoms with Crippen molar-refractivity contribution in [1.29, 1.82) is 0 Å². The molecule has 0 spiro atoms. The number of nitro benzene ring substituents is 1. The van der Waals surface area contributed by atoms with E-state index in [9.17, 15) is 28.1 Å². The fraction of sp³-hybridized carbons (Fsp3) is 0.500. The van der Waals surface area contributed by atoms with Crippen LogP contribution in [0.1, 0.15) is 25.8 Å². The fourth-order valence-electron chi connectivity index (χ4n) is 2.53. The van der Waals surface area contributed by atoms with Crippen LogP contribution in [-0.2, 0) is 11.0 Å². The first-order valence-electron chi connectivity index (χ1n) is 7.01. The lowest BCUT2D eigenvalue weighted by atomic mass is 10.1. The number of nitro groups is 1. The monoisotopic (exact) mass is 331 g/mol. The molecule has 6 nitrogen and oxygen atoms in total. The van der Waals surface area contributed by atoms with Gasteiger partial charge >= 0.3 is 6.18 Å². The van der Waals surface area contributed by atoms with Crippen molar-refractivity contribution >= 4 is 17.3 Å². The Morgan fingerprint density at radius 3 is 2.52 bits per heavy atom. The molecule has 1 atom stereocenters. The molecule has 1 unspecified atom stereocenters. The molecule has 1 amide bonds. The third-order valence-electron chi connectivity index (χ3n) is 3.66. The lowest BCUT2D eigenvalue weighted by Crippen LogP contribution is -2.33. The summed E-state index contributed by atoms with van der Waals surface area (Å²) in [6.45, 7) is 4.05. The first kappa shape index (κ1) is 17.0. The Hall–Kier alpha value is -2.32. The summed E-state index contributed by atoms with van der Waals surface area (Å²) in [5.74, 6) is -0.0907. The molecule has 0 aliphatic carbocycles. The number of rotatable bonds is 4. The number of alkyl halides is 3. The summed E-state index contributed by atoms with van der Waals surface area (Å²) in [6, 6.07) is 1.94. The quantitative estimate of drug-likeness (QED) is 0.680. The molecule has 1 aromatic carbocycles. The maximum absolute atomic E-state index is 12.7. The molecule has 0 aromatic heterocycles. The van der Waals surface area contributed by atoms with Gasteiger partial charge in [-0.2, -0.15) is 13.2 Å². The number of nitrogens with zero attached hydrogens (tertiary/aromatic N) is 2. The van der Waals surface area contributed by atoms with Crippen LogP contribution in [0, 0.1) is 10.1 Å². The first-order valence-corrected chi connectivity index (χ1v) is 7.01. The predicted octanol–water partition coefficient (Wildman–Crippen LogP) is 3.03. The van der Waals surface area contributed by atoms with Crippen molar-refractivity contribution < 1.29 is 22.9 Å². The van der Waals surface area contributed by atoms with Gasteiger partial charge in [0, 0.05) is 25.1 Å². The summed E-state index contributed by atoms with van der Waals surface area (Å²) in [5, 5.41) is 13.8. The molecule has 1 fully saturated rings. The summed E-state index contributed by atoms with van der Waals surface area (Å²) >= 11 is 0. The zero-order valence-electron chi connectivity index (χ0n) is 12.6. The zero-order valence-corrected chi connectivity index (χ0v) is 12.6. The Morgan fingerprint density at radius 1 is 1.39 bits per heavy atom. The van der Waals surface area contributed by atoms with Gasteiger partial charge < -0.3 is 10.2 Å². The van der Waals surface area contributed by atoms with Crippen LogP contribution in [0.4, 0.5) is 24.5 Å². The van der Waals surface area contributed by atoms with E-state index in [-0.39, 0.29) is 30.1 Å². The van der Waals surface area contributed by atoms with Crippen molar-refractivity contribution in [3.63, 3.8) is 0 Å². The average molecular weight is 331 g/mol. The van der Waals surface area contributed by atoms with Crippen molar-refractivity contribution in [2.45, 2.75) is 38.5 Å². The fourth-order valence-corrected chi connectivity index (χ4v) is 2.53. The lowest BCUT2D eigenvalue weighted by molar-refractivity contribution is -0.384. The molecule has 1 heterocycles. The van der Waals surface area contributed by atoms with E-state index in [1.165, 1.54) is 0 Å². The topological polar surface area (TPSA) is 75.5 Å². The Morgan fingerprint density at radius 2 is 2.04 bits per heavy atom. The zero-order chi connectivity index (χ0) is 17.4. The van der Waals surface area contributed by atoms with Gasteiger partial charge in [0.1, 0.15) is 5.69 Å². The van der Waals surface area contributed by atoms with E-state index >= 15 is 0 Å². The molecular formula is C14H16F3N3O3. The molecule has 2 rings (SSSR count). The summed E-state index contributed by atoms with van der Waals surface area (Å²) < 4.78 is 38.0. The van der Waals surface area contributed by atoms with Gasteiger partial charge in [0.15, 0.2) is 0 Å². The Kier molecular flexibility index (Phi) is 4.49. The van der Waals surface area contributed by atoms with Crippen LogP contribution in [0.25, 0.3) is 0 Å². The van der Waals surface area contributed by atoms with Gasteiger partial charge in [-0.3, -0.25) is 14.9 Å². The number of hydrogen-bond acceptors (Lipinski definition) is 4. The summed E-state index contributed by atoms with van der Waals surface area (Å²) in [7, 11) is 0. The number of halogens is 3. The Balaban J connectivity index is 2.24. The second-order valence-corrected chi connectivity index (χ2v) is 5.67. The molecule has 1 saturated heterocycles. The van der Waals surface area contributed by atoms with Crippen molar-refractivity contribution in [3.8, 4) is 0 Å². The van der Waals surface area contributed by atoms with Crippen molar-refractivity contribution in [2.75, 3.05) is 11.9 Å². The second-order valence-electron chi connectivity index (χ2n) is 5.67. The average Bonchev–Trinajstić information content (AvgIpc) is 2.78. The predicted molar refractivity (Wildman–Crippen MR) is 77.0 cm³/mol. The molecule has 9 heteroatoms. The number of amides is 1. The molecule has 0 radical (unpaired) electrons. The highest BCUT2D eigenvalue weighted by Gasteiger charge is 2.35. The standard InChI is InChI=1S/C14H16F3N3O3/c1-8(2)19-7-10(6-13(19)21)18-11-4-3-9(14(15,16)17)5-12(11)20(22)23/h3-5,8,10,18H,6-7H2,1-2H3. The highest BCUT2D eigenvalue weighted by atomic mass is 19.4. The molecule has 0 saturated carbocycles. The maximum Gasteiger partial charge on any atom is 0.416 e. The van der Waals surface area contributed by atoms with Gasteiger partial charge in [-0.1, -0.05) is 0 Å². The van der Waals surface area contributed by atoms with Gasteiger partial charge in [0.05, 0.1) is 16.5 Å². The van der Waals surface area contributed by atoms with E-state index in [1.54, 1.807) is 4.90 Å². The third-order valence-corrected chi connectivity index (χ3v) is 3.66. The molecule has 1 aromatic rings. The number of carbonyl (C=O) groups is 1. The minimum Gasteiger partial charge on any atom is -0.374 e. The number of anilines is 1. The van der Waals surface area contributed by atoms with Crippen LogP contribution in [-0.4, -0.2) is 34.4 Å². The van der Waals surface area contributed by atoms with Gasteiger partial charge in [-0.15, -0.1) is 0 Å². The molecule has 0 bridgehead atoms. The van der Waals surface area contributed by atoms with Crippen LogP contribution in [0.3, 0.4) is 0 Å². The van der Waals surface area contributed by atoms with E-state index in [0.717, 1.165) is 12.1 Å². The van der Waals surface area contributed by atoms with Crippen LogP contribution in [0.15, 0.2) is 18.2 Å². The van der Waals surface area contributed by atoms with E-state index < -0.39 is 22.4 Å². The van der Waals surface area contributed by atoms with E-state index in [2.05, 4.69) is 5.32 Å². The Labute approximate surface area is 130 Å². The molecule has 1 aliphatic rings. The number of benzene rings is 1. The number of likely N-dealkylation sites (tertiary alicyclic amines) is 1. The van der Waals surface area contributed by atoms with Gasteiger partial charge in [-0.05, 0) is 26.0 Å². The van der Waals surface area contributed by atoms with E-state index in [4.69, 9.17) is 0 Å². The van der Waals surface area contributed by atoms with Crippen molar-refractivity contribution in [3.05, 3.63) is 33.9 Å². The van der Waals surface area contributed by atoms with Crippen molar-refractivity contribution in [1.82, 2.24) is 4.90 Å². The molecule has 23 heavy (non-hydrogen) atoms. The summed E-state index contributed by atoms with van der Waals surface area (Å²) in [4.78, 5) is 23.6. The molecule has 126 valence electrons. The van der Waals surface area contributed by atoms with E-state index in [1.807, 2.05) is 13.8 Å². The molecule has 1 N–H and O–H groups in total. The van der Waals surface area contributed by atoms with Gasteiger partial charge in [0.2, 0.25) is 5.91 Å². The maximum atomic E-state index is 12.7. The van der Waals surface area contributed by atoms with Crippen LogP contribution in [0.2, 0.25) is 0 Å². The third kappa shape index (κ3) is 3.72. The highest BCUT2D eigenvalue weighted by molar-refractivity contribution is 5.80. The van der Waals surface area contributed by atoms with E-state index in [0.29, 0.717) is 12.6 Å². The number of carbonyl (C=O) groups excluding carboxylic acids is 1. The lowest BCUT2D eigenvalue weighted by Gasteiger charge is -2.21. The highest BCUT2D eigenvalue weighted by Crippen LogP contribution is 2.35. The molecule has 1 aliphatic heterocycles. The summed E-state index contributed by atoms with van der Waals surface area (Å²) in [5.41, 5.74) is -1.76. The largest absolute Gasteiger partial charge is 0.416 e. The summed E-state index contributed by atoms with van der Waals surface area (Å²) in [6.07, 6.45) is -4.50. The number of hydrogen-bond donors (Lipinski definition) is 1. The van der Waals surface area contributed by atoms with Gasteiger partial charge in [-0.25, -0.2) is 0 Å². The minimum absolute atomic E-state index is 0.00288. The van der Waals surface area contributed by atoms with Crippen LogP contribution in [0.5, 0.6) is 0 Å². The van der Waals surface area contributed by atoms with Crippen LogP contribution < -0.4 is 5.32 Å². The number of nitrogens with one attached hydrogen (secondary N) is 1. The first-order chi connectivity index (χ1) is 10.6. The second kappa shape index (κ2) is 6.05. The van der Waals surface area contributed by atoms with Crippen molar-refractivity contribution in [2.24, 2.45) is 0 Å². The SMILES string of the molecule is CC(C)N1CC(Nc2ccc(C(F)(F)F)cc2[N+](=O)[O-])CC1=O. The smallest absolute Gasteiger partial charge is 0.374 e. The molecular weight excluding hydrogens is 315 g/mol.